The number of likely N-dealkylation sites (tertiary alicyclic amines) is 1. The molecular formula is C22H36F2N2O5. The lowest BCUT2D eigenvalue weighted by molar-refractivity contribution is -0.149. The van der Waals surface area contributed by atoms with Crippen LogP contribution in [0.5, 0.6) is 0 Å². The van der Waals surface area contributed by atoms with E-state index in [2.05, 4.69) is 0 Å². The molecule has 2 amide bonds. The van der Waals surface area contributed by atoms with E-state index < -0.39 is 41.1 Å². The van der Waals surface area contributed by atoms with Crippen LogP contribution in [0.1, 0.15) is 73.6 Å². The van der Waals surface area contributed by atoms with E-state index in [-0.39, 0.29) is 50.6 Å². The zero-order valence-corrected chi connectivity index (χ0v) is 19.7. The second kappa shape index (κ2) is 8.90. The number of carbonyl (C=O) groups is 3. The molecule has 0 bridgehead atoms. The van der Waals surface area contributed by atoms with Gasteiger partial charge in [0.2, 0.25) is 11.8 Å². The van der Waals surface area contributed by atoms with Crippen molar-refractivity contribution in [3.05, 3.63) is 0 Å². The van der Waals surface area contributed by atoms with Crippen LogP contribution in [0, 0.1) is 5.41 Å². The Kier molecular flexibility index (Phi) is 7.27. The number of halogens is 2. The maximum absolute atomic E-state index is 13.8. The lowest BCUT2D eigenvalue weighted by Crippen LogP contribution is -2.54. The number of carbonyl (C=O) groups excluding carboxylic acids is 3. The average Bonchev–Trinajstić information content (AvgIpc) is 3.05. The fourth-order valence-electron chi connectivity index (χ4n) is 4.22. The van der Waals surface area contributed by atoms with Gasteiger partial charge in [-0.05, 0) is 33.6 Å². The summed E-state index contributed by atoms with van der Waals surface area (Å²) in [7, 11) is 1.24. The monoisotopic (exact) mass is 446 g/mol. The van der Waals surface area contributed by atoms with E-state index in [1.807, 2.05) is 0 Å². The van der Waals surface area contributed by atoms with Crippen LogP contribution in [0.25, 0.3) is 0 Å². The van der Waals surface area contributed by atoms with E-state index in [9.17, 15) is 23.2 Å². The number of rotatable bonds is 3. The molecule has 1 aliphatic carbocycles. The smallest absolute Gasteiger partial charge is 0.411 e. The van der Waals surface area contributed by atoms with Gasteiger partial charge in [0.25, 0.3) is 0 Å². The predicted molar refractivity (Wildman–Crippen MR) is 111 cm³/mol. The molecule has 1 heterocycles. The highest BCUT2D eigenvalue weighted by molar-refractivity contribution is 5.84. The van der Waals surface area contributed by atoms with Crippen molar-refractivity contribution in [3.63, 3.8) is 0 Å². The maximum atomic E-state index is 13.8. The number of methoxy groups -OCH3 is 1. The van der Waals surface area contributed by atoms with Gasteiger partial charge in [0.15, 0.2) is 0 Å². The molecule has 31 heavy (non-hydrogen) atoms. The molecule has 2 atom stereocenters. The van der Waals surface area contributed by atoms with Crippen molar-refractivity contribution in [3.8, 4) is 0 Å². The van der Waals surface area contributed by atoms with Crippen LogP contribution >= 0.6 is 0 Å². The highest BCUT2D eigenvalue weighted by atomic mass is 19.3. The molecule has 9 heteroatoms. The quantitative estimate of drug-likeness (QED) is 0.613. The van der Waals surface area contributed by atoms with Gasteiger partial charge in [-0.3, -0.25) is 9.69 Å². The zero-order chi connectivity index (χ0) is 23.8. The third-order valence-electron chi connectivity index (χ3n) is 5.73. The summed E-state index contributed by atoms with van der Waals surface area (Å²) in [5.74, 6) is -3.49. The van der Waals surface area contributed by atoms with Crippen molar-refractivity contribution < 1.29 is 32.6 Å². The third kappa shape index (κ3) is 6.29. The summed E-state index contributed by atoms with van der Waals surface area (Å²) in [6.45, 7) is 10.6. The van der Waals surface area contributed by atoms with E-state index in [0.717, 1.165) is 0 Å². The topological polar surface area (TPSA) is 76.2 Å². The molecular weight excluding hydrogens is 410 g/mol. The molecule has 2 rings (SSSR count). The Morgan fingerprint density at radius 1 is 1.00 bits per heavy atom. The first-order chi connectivity index (χ1) is 14.1. The van der Waals surface area contributed by atoms with Crippen LogP contribution in [0.4, 0.5) is 13.6 Å². The van der Waals surface area contributed by atoms with Crippen molar-refractivity contribution in [2.45, 2.75) is 103 Å². The molecule has 1 saturated heterocycles. The minimum atomic E-state index is -2.72. The molecule has 0 spiro atoms. The molecule has 0 aromatic heterocycles. The molecule has 0 aromatic carbocycles. The van der Waals surface area contributed by atoms with Crippen LogP contribution in [0.2, 0.25) is 0 Å². The molecule has 0 radical (unpaired) electrons. The van der Waals surface area contributed by atoms with Gasteiger partial charge in [-0.2, -0.15) is 0 Å². The third-order valence-corrected chi connectivity index (χ3v) is 5.73. The highest BCUT2D eigenvalue weighted by Gasteiger charge is 2.49. The van der Waals surface area contributed by atoms with Gasteiger partial charge in [0, 0.05) is 37.3 Å². The summed E-state index contributed by atoms with van der Waals surface area (Å²) < 4.78 is 37.9. The van der Waals surface area contributed by atoms with E-state index in [0.29, 0.717) is 0 Å². The second-order valence-corrected chi connectivity index (χ2v) is 10.6. The summed E-state index contributed by atoms with van der Waals surface area (Å²) in [6, 6.07) is -1.75. The van der Waals surface area contributed by atoms with Gasteiger partial charge >= 0.3 is 12.1 Å². The zero-order valence-electron chi connectivity index (χ0n) is 19.7. The number of ether oxygens (including phenoxy) is 2. The molecule has 0 aromatic rings. The molecule has 0 N–H and O–H groups in total. The second-order valence-electron chi connectivity index (χ2n) is 10.6. The first kappa shape index (κ1) is 25.3. The molecule has 0 unspecified atom stereocenters. The van der Waals surface area contributed by atoms with E-state index in [1.165, 1.54) is 12.0 Å². The Balaban J connectivity index is 2.33. The highest BCUT2D eigenvalue weighted by Crippen LogP contribution is 2.39. The fraction of sp³-hybridized carbons (Fsp3) is 0.864. The van der Waals surface area contributed by atoms with Crippen LogP contribution in [0.15, 0.2) is 0 Å². The van der Waals surface area contributed by atoms with Crippen LogP contribution < -0.4 is 0 Å². The van der Waals surface area contributed by atoms with Crippen LogP contribution in [-0.4, -0.2) is 71.1 Å². The largest absolute Gasteiger partial charge is 0.467 e. The van der Waals surface area contributed by atoms with Gasteiger partial charge in [0.1, 0.15) is 11.6 Å². The molecule has 7 nitrogen and oxygen atoms in total. The standard InChI is InChI=1S/C22H36F2N2O5/c1-20(2,3)18(28)26(14-8-10-22(23,24)11-9-14)15-12-16(17(27)30-7)25(13-15)19(29)31-21(4,5)6/h14-16H,8-13H2,1-7H3/t15-,16-/m0/s1. The van der Waals surface area contributed by atoms with Crippen LogP contribution in [0.3, 0.4) is 0 Å². The Morgan fingerprint density at radius 3 is 2.00 bits per heavy atom. The summed E-state index contributed by atoms with van der Waals surface area (Å²) in [4.78, 5) is 41.5. The Labute approximate surface area is 183 Å². The van der Waals surface area contributed by atoms with Crippen molar-refractivity contribution in [1.82, 2.24) is 9.80 Å². The Morgan fingerprint density at radius 2 is 1.55 bits per heavy atom. The summed E-state index contributed by atoms with van der Waals surface area (Å²) >= 11 is 0. The van der Waals surface area contributed by atoms with Gasteiger partial charge in [-0.25, -0.2) is 18.4 Å². The summed E-state index contributed by atoms with van der Waals surface area (Å²) in [5, 5.41) is 0. The lowest BCUT2D eigenvalue weighted by Gasteiger charge is -2.43. The number of amides is 2. The fourth-order valence-corrected chi connectivity index (χ4v) is 4.22. The number of hydrogen-bond donors (Lipinski definition) is 0. The van der Waals surface area contributed by atoms with Gasteiger partial charge in [0.05, 0.1) is 13.2 Å². The van der Waals surface area contributed by atoms with Crippen LogP contribution in [-0.2, 0) is 19.1 Å². The number of nitrogens with zero attached hydrogens (tertiary/aromatic N) is 2. The SMILES string of the molecule is COC(=O)[C@@H]1C[C@H](N(C(=O)C(C)(C)C)C2CCC(F)(F)CC2)CN1C(=O)OC(C)(C)C. The molecule has 2 aliphatic rings. The van der Waals surface area contributed by atoms with Crippen molar-refractivity contribution in [2.24, 2.45) is 5.41 Å². The lowest BCUT2D eigenvalue weighted by atomic mass is 9.86. The van der Waals surface area contributed by atoms with E-state index in [1.54, 1.807) is 46.4 Å². The Hall–Kier alpha value is -1.93. The van der Waals surface area contributed by atoms with E-state index >= 15 is 0 Å². The van der Waals surface area contributed by atoms with Gasteiger partial charge in [-0.1, -0.05) is 20.8 Å². The Bertz CT molecular complexity index is 689. The maximum Gasteiger partial charge on any atom is 0.411 e. The van der Waals surface area contributed by atoms with Gasteiger partial charge < -0.3 is 14.4 Å². The molecule has 1 aliphatic heterocycles. The number of hydrogen-bond acceptors (Lipinski definition) is 5. The summed E-state index contributed by atoms with van der Waals surface area (Å²) in [5.41, 5.74) is -1.49. The molecule has 2 fully saturated rings. The first-order valence-electron chi connectivity index (χ1n) is 10.8. The molecule has 1 saturated carbocycles. The average molecular weight is 447 g/mol. The summed E-state index contributed by atoms with van der Waals surface area (Å²) in [6.07, 6.45) is -0.686. The van der Waals surface area contributed by atoms with Crippen molar-refractivity contribution in [2.75, 3.05) is 13.7 Å². The normalized spacial score (nSPS) is 24.6. The van der Waals surface area contributed by atoms with Crippen molar-refractivity contribution in [1.29, 1.82) is 0 Å². The number of alkyl halides is 2. The minimum absolute atomic E-state index is 0.0867. The van der Waals surface area contributed by atoms with E-state index in [4.69, 9.17) is 9.47 Å². The molecule has 178 valence electrons. The van der Waals surface area contributed by atoms with Crippen molar-refractivity contribution >= 4 is 18.0 Å². The predicted octanol–water partition coefficient (Wildman–Crippen LogP) is 3.99. The number of esters is 1. The first-order valence-corrected chi connectivity index (χ1v) is 10.8. The minimum Gasteiger partial charge on any atom is -0.467 e. The van der Waals surface area contributed by atoms with Gasteiger partial charge in [-0.15, -0.1) is 0 Å².